The van der Waals surface area contributed by atoms with E-state index < -0.39 is 11.7 Å². The zero-order valence-electron chi connectivity index (χ0n) is 27.8. The average Bonchev–Trinajstić information content (AvgIpc) is 3.06. The second-order valence-corrected chi connectivity index (χ2v) is 11.1. The second kappa shape index (κ2) is 15.5. The van der Waals surface area contributed by atoms with Crippen molar-refractivity contribution in [2.24, 2.45) is 4.99 Å². The Morgan fingerprint density at radius 1 is 0.848 bits per heavy atom. The molecule has 0 spiro atoms. The number of ether oxygens (including phenoxy) is 1. The van der Waals surface area contributed by atoms with Gasteiger partial charge in [0.05, 0.1) is 30.2 Å². The molecule has 0 aromatic heterocycles. The van der Waals surface area contributed by atoms with Gasteiger partial charge in [-0.1, -0.05) is 52.0 Å². The molecule has 0 bridgehead atoms. The fourth-order valence-electron chi connectivity index (χ4n) is 6.03. The van der Waals surface area contributed by atoms with E-state index in [2.05, 4.69) is 9.80 Å². The van der Waals surface area contributed by atoms with Crippen molar-refractivity contribution in [3.63, 3.8) is 0 Å². The van der Waals surface area contributed by atoms with E-state index in [4.69, 9.17) is 9.73 Å². The fraction of sp³-hybridized carbons (Fsp3) is 0.432. The predicted octanol–water partition coefficient (Wildman–Crippen LogP) is 10.1. The second-order valence-electron chi connectivity index (χ2n) is 11.1. The van der Waals surface area contributed by atoms with Gasteiger partial charge in [-0.25, -0.2) is 9.38 Å². The van der Waals surface area contributed by atoms with E-state index in [9.17, 15) is 17.6 Å². The van der Waals surface area contributed by atoms with Gasteiger partial charge in [-0.2, -0.15) is 13.2 Å². The zero-order valence-corrected chi connectivity index (χ0v) is 27.8. The number of guanidine groups is 1. The number of piperazine rings is 1. The molecule has 3 aromatic rings. The number of halogens is 4. The largest absolute Gasteiger partial charge is 0.501 e. The summed E-state index contributed by atoms with van der Waals surface area (Å²) in [5.74, 6) is 1.29. The number of para-hydroxylation sites is 1. The minimum Gasteiger partial charge on any atom is -0.501 e. The fourth-order valence-corrected chi connectivity index (χ4v) is 6.03. The molecular formula is C37H46F4N4O. The smallest absolute Gasteiger partial charge is 0.416 e. The number of aliphatic imine (C=N–C) groups is 1. The van der Waals surface area contributed by atoms with Crippen molar-refractivity contribution in [1.29, 1.82) is 0 Å². The summed E-state index contributed by atoms with van der Waals surface area (Å²) in [5.41, 5.74) is 4.32. The van der Waals surface area contributed by atoms with Crippen molar-refractivity contribution < 1.29 is 22.3 Å². The molecule has 0 amide bonds. The van der Waals surface area contributed by atoms with E-state index in [-0.39, 0.29) is 11.9 Å². The molecule has 2 heterocycles. The highest BCUT2D eigenvalue weighted by molar-refractivity contribution is 6.00. The van der Waals surface area contributed by atoms with Crippen molar-refractivity contribution in [3.05, 3.63) is 101 Å². The Balaban J connectivity index is 0.00000116. The Hall–Kier alpha value is -4.01. The number of alkyl halides is 3. The maximum Gasteiger partial charge on any atom is 0.416 e. The Morgan fingerprint density at radius 2 is 1.52 bits per heavy atom. The minimum absolute atomic E-state index is 0.234. The van der Waals surface area contributed by atoms with Gasteiger partial charge < -0.3 is 19.4 Å². The molecule has 9 heteroatoms. The first kappa shape index (κ1) is 34.9. The summed E-state index contributed by atoms with van der Waals surface area (Å²) in [6, 6.07) is 18.2. The van der Waals surface area contributed by atoms with Crippen LogP contribution in [0.2, 0.25) is 0 Å². The van der Waals surface area contributed by atoms with Crippen LogP contribution < -0.4 is 9.80 Å². The van der Waals surface area contributed by atoms with Crippen LogP contribution in [0.4, 0.5) is 34.6 Å². The van der Waals surface area contributed by atoms with Crippen molar-refractivity contribution in [2.75, 3.05) is 43.1 Å². The standard InChI is InChI=1S/C33H34F4N4O.2C2H6/c1-22-19-25(13-14-28(22)34)39-15-17-40(18-16-39)32-38-29-12-4-3-11-27(29)30(21-31(42-2)23-7-5-8-23)41(32)26-10-6-9-24(20-26)33(35,36)37;2*1-2/h3-4,6,9-14,19-20,30H,5,7-8,15-18,21H2,1-2H3;2*1-2H3. The van der Waals surface area contributed by atoms with Crippen LogP contribution in [0.25, 0.3) is 0 Å². The molecule has 1 saturated carbocycles. The monoisotopic (exact) mass is 638 g/mol. The van der Waals surface area contributed by atoms with Crippen LogP contribution in [0, 0.1) is 12.7 Å². The third kappa shape index (κ3) is 7.51. The summed E-state index contributed by atoms with van der Waals surface area (Å²) < 4.78 is 61.4. The van der Waals surface area contributed by atoms with Gasteiger partial charge in [-0.3, -0.25) is 0 Å². The lowest BCUT2D eigenvalue weighted by molar-refractivity contribution is -0.137. The summed E-state index contributed by atoms with van der Waals surface area (Å²) in [7, 11) is 1.68. The van der Waals surface area contributed by atoms with Gasteiger partial charge in [0.25, 0.3) is 0 Å². The van der Waals surface area contributed by atoms with Gasteiger partial charge in [0.15, 0.2) is 0 Å². The minimum atomic E-state index is -4.47. The van der Waals surface area contributed by atoms with E-state index in [0.717, 1.165) is 48.0 Å². The predicted molar refractivity (Wildman–Crippen MR) is 180 cm³/mol. The van der Waals surface area contributed by atoms with Crippen LogP contribution in [0.5, 0.6) is 0 Å². The molecule has 46 heavy (non-hydrogen) atoms. The van der Waals surface area contributed by atoms with E-state index in [1.807, 2.05) is 62.9 Å². The van der Waals surface area contributed by atoms with Crippen LogP contribution in [0.1, 0.15) is 76.1 Å². The number of allylic oxidation sites excluding steroid dienone is 1. The number of hydrogen-bond donors (Lipinski definition) is 0. The Morgan fingerprint density at radius 3 is 2.13 bits per heavy atom. The molecule has 1 unspecified atom stereocenters. The number of anilines is 2. The van der Waals surface area contributed by atoms with Crippen molar-refractivity contribution in [2.45, 2.75) is 72.5 Å². The highest BCUT2D eigenvalue weighted by Crippen LogP contribution is 2.44. The third-order valence-corrected chi connectivity index (χ3v) is 8.54. The van der Waals surface area contributed by atoms with E-state index >= 15 is 0 Å². The van der Waals surface area contributed by atoms with Gasteiger partial charge in [0.2, 0.25) is 5.96 Å². The number of rotatable bonds is 5. The highest BCUT2D eigenvalue weighted by Gasteiger charge is 2.38. The topological polar surface area (TPSA) is 31.3 Å². The lowest BCUT2D eigenvalue weighted by Gasteiger charge is -2.45. The summed E-state index contributed by atoms with van der Waals surface area (Å²) in [4.78, 5) is 11.4. The molecule has 0 radical (unpaired) electrons. The molecule has 6 rings (SSSR count). The average molecular weight is 639 g/mol. The molecular weight excluding hydrogens is 592 g/mol. The van der Waals surface area contributed by atoms with Gasteiger partial charge in [0, 0.05) is 49.5 Å². The molecule has 1 aliphatic carbocycles. The number of fused-ring (bicyclic) bond motifs is 1. The maximum absolute atomic E-state index is 13.9. The molecule has 3 aromatic carbocycles. The zero-order chi connectivity index (χ0) is 33.4. The molecule has 2 aliphatic heterocycles. The van der Waals surface area contributed by atoms with Gasteiger partial charge in [-0.05, 0) is 79.8 Å². The first-order valence-corrected chi connectivity index (χ1v) is 16.4. The lowest BCUT2D eigenvalue weighted by atomic mass is 9.87. The molecule has 5 nitrogen and oxygen atoms in total. The van der Waals surface area contributed by atoms with Crippen LogP contribution >= 0.6 is 0 Å². The number of nitrogens with zero attached hydrogens (tertiary/aromatic N) is 4. The normalized spacial score (nSPS) is 17.4. The van der Waals surface area contributed by atoms with Crippen LogP contribution in [-0.4, -0.2) is 44.1 Å². The van der Waals surface area contributed by atoms with E-state index in [0.29, 0.717) is 49.8 Å². The molecule has 3 aliphatic rings. The van der Waals surface area contributed by atoms with E-state index in [1.54, 1.807) is 26.2 Å². The van der Waals surface area contributed by atoms with Gasteiger partial charge >= 0.3 is 6.18 Å². The quantitative estimate of drug-likeness (QED) is 0.206. The summed E-state index contributed by atoms with van der Waals surface area (Å²) in [6.07, 6.45) is -0.876. The third-order valence-electron chi connectivity index (χ3n) is 8.54. The van der Waals surface area contributed by atoms with E-state index in [1.165, 1.54) is 23.8 Å². The van der Waals surface area contributed by atoms with Crippen molar-refractivity contribution in [1.82, 2.24) is 4.90 Å². The van der Waals surface area contributed by atoms with Crippen molar-refractivity contribution in [3.8, 4) is 0 Å². The van der Waals surface area contributed by atoms with Crippen LogP contribution in [0.15, 0.2) is 83.1 Å². The Labute approximate surface area is 271 Å². The molecule has 248 valence electrons. The number of aryl methyl sites for hydroxylation is 1. The summed E-state index contributed by atoms with van der Waals surface area (Å²) in [5, 5.41) is 0. The first-order valence-electron chi connectivity index (χ1n) is 16.4. The van der Waals surface area contributed by atoms with Gasteiger partial charge in [0.1, 0.15) is 5.82 Å². The first-order chi connectivity index (χ1) is 22.2. The maximum atomic E-state index is 13.9. The van der Waals surface area contributed by atoms with Gasteiger partial charge in [-0.15, -0.1) is 0 Å². The van der Waals surface area contributed by atoms with Crippen LogP contribution in [-0.2, 0) is 10.9 Å². The lowest BCUT2D eigenvalue weighted by Crippen LogP contribution is -2.55. The Kier molecular flexibility index (Phi) is 11.8. The Bertz CT molecular complexity index is 1520. The molecule has 2 fully saturated rings. The summed E-state index contributed by atoms with van der Waals surface area (Å²) >= 11 is 0. The van der Waals surface area contributed by atoms with Crippen LogP contribution in [0.3, 0.4) is 0 Å². The van der Waals surface area contributed by atoms with Crippen molar-refractivity contribution >= 4 is 23.0 Å². The SMILES string of the molecule is CC.CC.COC(CC1c2ccccc2N=C(N2CCN(c3ccc(F)c(C)c3)CC2)N1c1cccc(C(F)(F)F)c1)=C1CCC1. The molecule has 0 N–H and O–H groups in total. The number of benzene rings is 3. The number of hydrogen-bond acceptors (Lipinski definition) is 5. The number of methoxy groups -OCH3 is 1. The molecule has 1 atom stereocenters. The highest BCUT2D eigenvalue weighted by atomic mass is 19.4. The summed E-state index contributed by atoms with van der Waals surface area (Å²) in [6.45, 7) is 12.3. The molecule has 1 saturated heterocycles.